The average molecular weight is 520 g/mol. The van der Waals surface area contributed by atoms with Gasteiger partial charge >= 0.3 is 35.5 Å². The predicted octanol–water partition coefficient (Wildman–Crippen LogP) is 6.96. The molecule has 0 radical (unpaired) electrons. The van der Waals surface area contributed by atoms with E-state index in [9.17, 15) is 74.6 Å². The van der Waals surface area contributed by atoms with Crippen molar-refractivity contribution in [3.63, 3.8) is 0 Å². The van der Waals surface area contributed by atoms with Crippen LogP contribution in [0, 0.1) is 0 Å². The quantitative estimate of drug-likeness (QED) is 0.216. The van der Waals surface area contributed by atoms with E-state index in [0.717, 1.165) is 0 Å². The summed E-state index contributed by atoms with van der Waals surface area (Å²) in [5.74, 6) is -51.1. The Labute approximate surface area is 163 Å². The smallest absolute Gasteiger partial charge is 0.245 e. The van der Waals surface area contributed by atoms with E-state index in [1.54, 1.807) is 0 Å². The van der Waals surface area contributed by atoms with Crippen molar-refractivity contribution in [2.24, 2.45) is 0 Å². The molecule has 3 unspecified atom stereocenters. The summed E-state index contributed by atoms with van der Waals surface area (Å²) in [4.78, 5) is 0. The van der Waals surface area contributed by atoms with E-state index >= 15 is 0 Å². The topological polar surface area (TPSA) is 0 Å². The van der Waals surface area contributed by atoms with Gasteiger partial charge in [-0.25, -0.2) is 22.0 Å². The largest absolute Gasteiger partial charge is 0.384 e. The van der Waals surface area contributed by atoms with Crippen molar-refractivity contribution in [1.82, 2.24) is 0 Å². The Hall–Kier alpha value is -0.973. The van der Waals surface area contributed by atoms with Crippen molar-refractivity contribution in [2.45, 2.75) is 79.7 Å². The fourth-order valence-electron chi connectivity index (χ4n) is 2.02. The second-order valence-electron chi connectivity index (χ2n) is 7.45. The molecule has 0 bridgehead atoms. The first kappa shape index (κ1) is 30.0. The summed E-state index contributed by atoms with van der Waals surface area (Å²) >= 11 is 0. The first-order valence-electron chi connectivity index (χ1n) is 7.64. The normalized spacial score (nSPS) is 18.9. The van der Waals surface area contributed by atoms with Crippen LogP contribution in [0.2, 0.25) is 19.6 Å². The first-order chi connectivity index (χ1) is 13.2. The molecule has 0 aromatic carbocycles. The highest BCUT2D eigenvalue weighted by atomic mass is 28.3. The van der Waals surface area contributed by atoms with Gasteiger partial charge in [-0.3, -0.25) is 0 Å². The molecule has 3 atom stereocenters. The molecule has 0 nitrogen and oxygen atoms in total. The summed E-state index contributed by atoms with van der Waals surface area (Å²) in [7, 11) is -4.28. The lowest BCUT2D eigenvalue weighted by Crippen LogP contribution is -2.74. The van der Waals surface area contributed by atoms with Crippen LogP contribution in [0.15, 0.2) is 0 Å². The number of alkyl halides is 17. The zero-order chi connectivity index (χ0) is 25.8. The maximum atomic E-state index is 13.7. The summed E-state index contributed by atoms with van der Waals surface area (Å²) < 4.78 is 225. The van der Waals surface area contributed by atoms with Crippen LogP contribution in [0.5, 0.6) is 0 Å². The van der Waals surface area contributed by atoms with Gasteiger partial charge in [0.2, 0.25) is 6.17 Å². The van der Waals surface area contributed by atoms with Gasteiger partial charge < -0.3 is 0 Å². The molecule has 0 fully saturated rings. The average Bonchev–Trinajstić information content (AvgIpc) is 2.57. The summed E-state index contributed by atoms with van der Waals surface area (Å²) in [6, 6.07) is 0. The van der Waals surface area contributed by atoms with Gasteiger partial charge in [-0.05, 0) is 0 Å². The molecule has 0 amide bonds. The Bertz CT molecular complexity index is 622. The molecule has 0 saturated carbocycles. The Kier molecular flexibility index (Phi) is 7.85. The Morgan fingerprint density at radius 2 is 0.774 bits per heavy atom. The standard InChI is InChI=1S/C13H13F17Si/c1-31(2,3)7(18)9(21,22)11(25,26)13(29,30)12(27,28)10(23,24)8(19,20)5(15)4(14)6(16)17/h4-7H,1-3H3. The summed E-state index contributed by atoms with van der Waals surface area (Å²) in [5.41, 5.74) is 0. The Morgan fingerprint density at radius 1 is 0.484 bits per heavy atom. The van der Waals surface area contributed by atoms with Gasteiger partial charge in [0.15, 0.2) is 12.0 Å². The highest BCUT2D eigenvalue weighted by molar-refractivity contribution is 6.77. The lowest BCUT2D eigenvalue weighted by molar-refractivity contribution is -0.432. The van der Waals surface area contributed by atoms with E-state index in [4.69, 9.17) is 0 Å². The molecule has 188 valence electrons. The molecule has 0 saturated heterocycles. The number of rotatable bonds is 10. The van der Waals surface area contributed by atoms with Crippen molar-refractivity contribution in [2.75, 3.05) is 0 Å². The van der Waals surface area contributed by atoms with Crippen LogP contribution < -0.4 is 0 Å². The van der Waals surface area contributed by atoms with Crippen molar-refractivity contribution in [3.8, 4) is 0 Å². The summed E-state index contributed by atoms with van der Waals surface area (Å²) in [6.45, 7) is 1.50. The lowest BCUT2D eigenvalue weighted by atomic mass is 9.89. The van der Waals surface area contributed by atoms with Crippen LogP contribution in [-0.2, 0) is 0 Å². The van der Waals surface area contributed by atoms with Gasteiger partial charge in [0, 0.05) is 0 Å². The van der Waals surface area contributed by atoms with Crippen LogP contribution in [0.3, 0.4) is 0 Å². The molecule has 0 N–H and O–H groups in total. The molecule has 18 heteroatoms. The van der Waals surface area contributed by atoms with Crippen molar-refractivity contribution < 1.29 is 74.6 Å². The third-order valence-electron chi connectivity index (χ3n) is 3.97. The molecule has 0 aliphatic rings. The van der Waals surface area contributed by atoms with Crippen molar-refractivity contribution in [3.05, 3.63) is 0 Å². The maximum absolute atomic E-state index is 13.7. The zero-order valence-electron chi connectivity index (χ0n) is 15.2. The Balaban J connectivity index is 6.62. The molecular weight excluding hydrogens is 507 g/mol. The highest BCUT2D eigenvalue weighted by Gasteiger charge is 2.92. The molecule has 0 heterocycles. The SMILES string of the molecule is C[Si](C)(C)C(F)C(F)(F)C(F)(F)C(F)(F)C(F)(F)C(F)(F)C(F)(F)C(F)C(F)C(F)F. The molecule has 0 aliphatic heterocycles. The minimum Gasteiger partial charge on any atom is -0.245 e. The van der Waals surface area contributed by atoms with E-state index in [2.05, 4.69) is 0 Å². The maximum Gasteiger partial charge on any atom is 0.384 e. The minimum absolute atomic E-state index is 0.500. The third kappa shape index (κ3) is 4.32. The lowest BCUT2D eigenvalue weighted by Gasteiger charge is -2.43. The summed E-state index contributed by atoms with van der Waals surface area (Å²) in [5, 5.41) is 0. The third-order valence-corrected chi connectivity index (χ3v) is 5.85. The Morgan fingerprint density at radius 3 is 1.03 bits per heavy atom. The molecule has 31 heavy (non-hydrogen) atoms. The highest BCUT2D eigenvalue weighted by Crippen LogP contribution is 2.62. The van der Waals surface area contributed by atoms with E-state index in [-0.39, 0.29) is 0 Å². The number of halogens is 17. The van der Waals surface area contributed by atoms with Gasteiger partial charge in [-0.1, -0.05) is 19.6 Å². The van der Waals surface area contributed by atoms with E-state index in [1.807, 2.05) is 0 Å². The molecule has 0 spiro atoms. The van der Waals surface area contributed by atoms with Crippen LogP contribution in [0.25, 0.3) is 0 Å². The zero-order valence-corrected chi connectivity index (χ0v) is 16.2. The van der Waals surface area contributed by atoms with Crippen molar-refractivity contribution in [1.29, 1.82) is 0 Å². The van der Waals surface area contributed by atoms with Crippen LogP contribution in [0.1, 0.15) is 0 Å². The van der Waals surface area contributed by atoms with Crippen LogP contribution in [0.4, 0.5) is 74.6 Å². The molecular formula is C13H13F17Si. The van der Waals surface area contributed by atoms with Crippen LogP contribution >= 0.6 is 0 Å². The predicted molar refractivity (Wildman–Crippen MR) is 73.7 cm³/mol. The van der Waals surface area contributed by atoms with Crippen LogP contribution in [-0.4, -0.2) is 68.2 Å². The van der Waals surface area contributed by atoms with E-state index < -0.39 is 68.2 Å². The van der Waals surface area contributed by atoms with Gasteiger partial charge in [0.1, 0.15) is 0 Å². The fourth-order valence-corrected chi connectivity index (χ4v) is 3.29. The molecule has 0 rings (SSSR count). The number of hydrogen-bond acceptors (Lipinski definition) is 0. The molecule has 0 aromatic heterocycles. The first-order valence-corrected chi connectivity index (χ1v) is 11.2. The van der Waals surface area contributed by atoms with Gasteiger partial charge in [-0.15, -0.1) is 0 Å². The van der Waals surface area contributed by atoms with Gasteiger partial charge in [0.05, 0.1) is 8.07 Å². The van der Waals surface area contributed by atoms with Crippen molar-refractivity contribution >= 4 is 8.07 Å². The minimum atomic E-state index is -8.32. The second-order valence-corrected chi connectivity index (χ2v) is 12.7. The second kappa shape index (κ2) is 8.11. The summed E-state index contributed by atoms with van der Waals surface area (Å²) in [6.07, 6.45) is -15.5. The van der Waals surface area contributed by atoms with Gasteiger partial charge in [-0.2, -0.15) is 52.7 Å². The van der Waals surface area contributed by atoms with Gasteiger partial charge in [0.25, 0.3) is 6.43 Å². The monoisotopic (exact) mass is 520 g/mol. The fraction of sp³-hybridized carbons (Fsp3) is 1.00. The molecule has 0 aliphatic carbocycles. The number of hydrogen-bond donors (Lipinski definition) is 0. The van der Waals surface area contributed by atoms with E-state index in [0.29, 0.717) is 19.6 Å². The van der Waals surface area contributed by atoms with E-state index in [1.165, 1.54) is 0 Å². The molecule has 0 aromatic rings.